The van der Waals surface area contributed by atoms with Crippen LogP contribution in [0.4, 0.5) is 0 Å². The summed E-state index contributed by atoms with van der Waals surface area (Å²) in [6.07, 6.45) is 2.31. The van der Waals surface area contributed by atoms with E-state index in [2.05, 4.69) is 38.2 Å². The van der Waals surface area contributed by atoms with Crippen LogP contribution in [0, 0.1) is 20.8 Å². The summed E-state index contributed by atoms with van der Waals surface area (Å²) in [5, 5.41) is 3.49. The molecule has 0 aliphatic rings. The second-order valence-electron chi connectivity index (χ2n) is 4.74. The fourth-order valence-electron chi connectivity index (χ4n) is 1.93. The molecule has 0 aliphatic heterocycles. The first-order valence-electron chi connectivity index (χ1n) is 6.41. The van der Waals surface area contributed by atoms with Crippen molar-refractivity contribution >= 4 is 0 Å². The van der Waals surface area contributed by atoms with Crippen LogP contribution in [-0.2, 0) is 11.3 Å². The van der Waals surface area contributed by atoms with Gasteiger partial charge in [-0.1, -0.05) is 12.1 Å². The Hall–Kier alpha value is -0.860. The van der Waals surface area contributed by atoms with E-state index in [0.717, 1.165) is 26.1 Å². The van der Waals surface area contributed by atoms with Gasteiger partial charge in [0.1, 0.15) is 0 Å². The number of aryl methyl sites for hydroxylation is 3. The molecule has 0 atom stereocenters. The van der Waals surface area contributed by atoms with Crippen LogP contribution in [0.3, 0.4) is 0 Å². The Labute approximate surface area is 105 Å². The lowest BCUT2D eigenvalue weighted by atomic mass is 10.0. The molecule has 2 nitrogen and oxygen atoms in total. The van der Waals surface area contributed by atoms with E-state index < -0.39 is 0 Å². The maximum Gasteiger partial charge on any atom is 0.0462 e. The summed E-state index contributed by atoms with van der Waals surface area (Å²) in [4.78, 5) is 0. The Morgan fingerprint density at radius 2 is 1.71 bits per heavy atom. The highest BCUT2D eigenvalue weighted by Gasteiger charge is 2.01. The molecule has 0 spiro atoms. The third-order valence-corrected chi connectivity index (χ3v) is 3.22. The number of methoxy groups -OCH3 is 1. The molecule has 0 unspecified atom stereocenters. The molecule has 1 aromatic carbocycles. The molecule has 0 aromatic heterocycles. The Morgan fingerprint density at radius 1 is 1.00 bits per heavy atom. The van der Waals surface area contributed by atoms with Crippen LogP contribution >= 0.6 is 0 Å². The Kier molecular flexibility index (Phi) is 6.23. The SMILES string of the molecule is COCCCCNCc1cc(C)c(C)cc1C. The van der Waals surface area contributed by atoms with Gasteiger partial charge in [0.25, 0.3) is 0 Å². The van der Waals surface area contributed by atoms with Crippen molar-refractivity contribution in [3.63, 3.8) is 0 Å². The van der Waals surface area contributed by atoms with E-state index in [1.54, 1.807) is 7.11 Å². The zero-order valence-corrected chi connectivity index (χ0v) is 11.6. The lowest BCUT2D eigenvalue weighted by molar-refractivity contribution is 0.192. The Balaban J connectivity index is 2.34. The average molecular weight is 235 g/mol. The van der Waals surface area contributed by atoms with E-state index in [-0.39, 0.29) is 0 Å². The largest absolute Gasteiger partial charge is 0.385 e. The maximum atomic E-state index is 5.03. The first-order valence-corrected chi connectivity index (χ1v) is 6.41. The monoisotopic (exact) mass is 235 g/mol. The van der Waals surface area contributed by atoms with Crippen LogP contribution < -0.4 is 5.32 Å². The lowest BCUT2D eigenvalue weighted by Crippen LogP contribution is -2.16. The van der Waals surface area contributed by atoms with E-state index in [9.17, 15) is 0 Å². The van der Waals surface area contributed by atoms with Crippen molar-refractivity contribution in [3.8, 4) is 0 Å². The van der Waals surface area contributed by atoms with Crippen LogP contribution in [0.15, 0.2) is 12.1 Å². The predicted octanol–water partition coefficient (Wildman–Crippen LogP) is 3.13. The molecule has 0 aliphatic carbocycles. The van der Waals surface area contributed by atoms with Gasteiger partial charge in [-0.05, 0) is 62.4 Å². The zero-order valence-electron chi connectivity index (χ0n) is 11.6. The number of benzene rings is 1. The molecule has 1 aromatic rings. The molecular weight excluding hydrogens is 210 g/mol. The van der Waals surface area contributed by atoms with Gasteiger partial charge in [-0.2, -0.15) is 0 Å². The second kappa shape index (κ2) is 7.46. The summed E-state index contributed by atoms with van der Waals surface area (Å²) >= 11 is 0. The summed E-state index contributed by atoms with van der Waals surface area (Å²) in [7, 11) is 1.76. The molecule has 17 heavy (non-hydrogen) atoms. The summed E-state index contributed by atoms with van der Waals surface area (Å²) in [5.74, 6) is 0. The molecule has 0 radical (unpaired) electrons. The highest BCUT2D eigenvalue weighted by molar-refractivity contribution is 5.36. The number of hydrogen-bond donors (Lipinski definition) is 1. The molecule has 1 rings (SSSR count). The number of hydrogen-bond acceptors (Lipinski definition) is 2. The first-order chi connectivity index (χ1) is 8.15. The Bertz CT molecular complexity index is 347. The van der Waals surface area contributed by atoms with Crippen molar-refractivity contribution in [2.24, 2.45) is 0 Å². The minimum Gasteiger partial charge on any atom is -0.385 e. The van der Waals surface area contributed by atoms with Crippen LogP contribution in [0.1, 0.15) is 35.1 Å². The number of rotatable bonds is 7. The second-order valence-corrected chi connectivity index (χ2v) is 4.74. The van der Waals surface area contributed by atoms with E-state index in [1.807, 2.05) is 0 Å². The fraction of sp³-hybridized carbons (Fsp3) is 0.600. The zero-order chi connectivity index (χ0) is 12.7. The van der Waals surface area contributed by atoms with Gasteiger partial charge < -0.3 is 10.1 Å². The number of ether oxygens (including phenoxy) is 1. The summed E-state index contributed by atoms with van der Waals surface area (Å²) in [6, 6.07) is 4.57. The minimum atomic E-state index is 0.865. The van der Waals surface area contributed by atoms with Crippen molar-refractivity contribution in [3.05, 3.63) is 34.4 Å². The van der Waals surface area contributed by atoms with Gasteiger partial charge in [0.2, 0.25) is 0 Å². The predicted molar refractivity (Wildman–Crippen MR) is 73.5 cm³/mol. The summed E-state index contributed by atoms with van der Waals surface area (Å²) in [5.41, 5.74) is 5.57. The van der Waals surface area contributed by atoms with Gasteiger partial charge >= 0.3 is 0 Å². The molecular formula is C15H25NO. The van der Waals surface area contributed by atoms with Crippen molar-refractivity contribution in [1.29, 1.82) is 0 Å². The third kappa shape index (κ3) is 4.88. The molecule has 2 heteroatoms. The van der Waals surface area contributed by atoms with Crippen LogP contribution in [0.25, 0.3) is 0 Å². The van der Waals surface area contributed by atoms with E-state index in [0.29, 0.717) is 0 Å². The molecule has 0 heterocycles. The smallest absolute Gasteiger partial charge is 0.0462 e. The van der Waals surface area contributed by atoms with Gasteiger partial charge in [0.15, 0.2) is 0 Å². The van der Waals surface area contributed by atoms with Crippen molar-refractivity contribution < 1.29 is 4.74 Å². The summed E-state index contributed by atoms with van der Waals surface area (Å²) in [6.45, 7) is 9.44. The quantitative estimate of drug-likeness (QED) is 0.733. The van der Waals surface area contributed by atoms with Gasteiger partial charge in [-0.25, -0.2) is 0 Å². The van der Waals surface area contributed by atoms with E-state index in [1.165, 1.54) is 28.7 Å². The van der Waals surface area contributed by atoms with E-state index >= 15 is 0 Å². The molecule has 0 saturated heterocycles. The highest BCUT2D eigenvalue weighted by Crippen LogP contribution is 2.14. The fourth-order valence-corrected chi connectivity index (χ4v) is 1.93. The standard InChI is InChI=1S/C15H25NO/c1-12-9-14(3)15(10-13(12)2)11-16-7-5-6-8-17-4/h9-10,16H,5-8,11H2,1-4H3. The molecule has 0 saturated carbocycles. The maximum absolute atomic E-state index is 5.03. The molecule has 0 fully saturated rings. The van der Waals surface area contributed by atoms with E-state index in [4.69, 9.17) is 4.74 Å². The number of unbranched alkanes of at least 4 members (excludes halogenated alkanes) is 1. The van der Waals surface area contributed by atoms with Crippen molar-refractivity contribution in [2.75, 3.05) is 20.3 Å². The molecule has 0 amide bonds. The van der Waals surface area contributed by atoms with Crippen molar-refractivity contribution in [2.45, 2.75) is 40.2 Å². The van der Waals surface area contributed by atoms with Gasteiger partial charge in [-0.15, -0.1) is 0 Å². The van der Waals surface area contributed by atoms with Crippen LogP contribution in [0.2, 0.25) is 0 Å². The Morgan fingerprint density at radius 3 is 2.41 bits per heavy atom. The average Bonchev–Trinajstić information content (AvgIpc) is 2.30. The highest BCUT2D eigenvalue weighted by atomic mass is 16.5. The van der Waals surface area contributed by atoms with Gasteiger partial charge in [0.05, 0.1) is 0 Å². The number of nitrogens with one attached hydrogen (secondary N) is 1. The van der Waals surface area contributed by atoms with Crippen LogP contribution in [-0.4, -0.2) is 20.3 Å². The van der Waals surface area contributed by atoms with Gasteiger partial charge in [-0.3, -0.25) is 0 Å². The molecule has 0 bridgehead atoms. The summed E-state index contributed by atoms with van der Waals surface area (Å²) < 4.78 is 5.03. The first kappa shape index (κ1) is 14.2. The minimum absolute atomic E-state index is 0.865. The molecule has 96 valence electrons. The topological polar surface area (TPSA) is 21.3 Å². The van der Waals surface area contributed by atoms with Crippen LogP contribution in [0.5, 0.6) is 0 Å². The van der Waals surface area contributed by atoms with Crippen molar-refractivity contribution in [1.82, 2.24) is 5.32 Å². The molecule has 1 N–H and O–H groups in total. The normalized spacial score (nSPS) is 10.8. The third-order valence-electron chi connectivity index (χ3n) is 3.22. The van der Waals surface area contributed by atoms with Gasteiger partial charge in [0, 0.05) is 20.3 Å². The lowest BCUT2D eigenvalue weighted by Gasteiger charge is -2.11.